The second-order valence-electron chi connectivity index (χ2n) is 4.97. The van der Waals surface area contributed by atoms with Gasteiger partial charge in [0.2, 0.25) is 0 Å². The Labute approximate surface area is 107 Å². The van der Waals surface area contributed by atoms with E-state index in [1.165, 1.54) is 6.07 Å². The Hall–Kier alpha value is -1.42. The molecule has 0 bridgehead atoms. The molecule has 0 aliphatic carbocycles. The number of hydrogen-bond donors (Lipinski definition) is 2. The van der Waals surface area contributed by atoms with Gasteiger partial charge in [-0.25, -0.2) is 4.39 Å². The van der Waals surface area contributed by atoms with Crippen molar-refractivity contribution in [1.29, 1.82) is 0 Å². The summed E-state index contributed by atoms with van der Waals surface area (Å²) >= 11 is 0. The fourth-order valence-electron chi connectivity index (χ4n) is 2.16. The fraction of sp³-hybridized carbons (Fsp3) is 0.500. The average Bonchev–Trinajstić information content (AvgIpc) is 2.30. The van der Waals surface area contributed by atoms with E-state index < -0.39 is 11.4 Å². The molecule has 1 rings (SSSR count). The average molecular weight is 253 g/mol. The molecule has 1 aromatic carbocycles. The van der Waals surface area contributed by atoms with Crippen LogP contribution < -0.4 is 5.73 Å². The summed E-state index contributed by atoms with van der Waals surface area (Å²) in [6, 6.07) is 4.49. The van der Waals surface area contributed by atoms with E-state index in [1.54, 1.807) is 26.0 Å². The smallest absolute Gasteiger partial charge is 0.304 e. The van der Waals surface area contributed by atoms with Gasteiger partial charge < -0.3 is 10.8 Å². The molecule has 0 aliphatic rings. The lowest BCUT2D eigenvalue weighted by atomic mass is 9.72. The molecule has 100 valence electrons. The minimum atomic E-state index is -0.928. The van der Waals surface area contributed by atoms with E-state index in [4.69, 9.17) is 10.8 Å². The van der Waals surface area contributed by atoms with Crippen molar-refractivity contribution in [3.63, 3.8) is 0 Å². The molecule has 3 N–H and O–H groups in total. The predicted molar refractivity (Wildman–Crippen MR) is 69.0 cm³/mol. The molecule has 3 nitrogen and oxygen atoms in total. The molecule has 4 heteroatoms. The van der Waals surface area contributed by atoms with Crippen LogP contribution in [0.1, 0.15) is 37.8 Å². The van der Waals surface area contributed by atoms with Crippen molar-refractivity contribution in [2.75, 3.05) is 0 Å². The topological polar surface area (TPSA) is 63.3 Å². The number of carbonyl (C=O) groups is 1. The number of aryl methyl sites for hydroxylation is 1. The zero-order chi connectivity index (χ0) is 13.9. The maximum atomic E-state index is 13.6. The van der Waals surface area contributed by atoms with E-state index >= 15 is 0 Å². The molecule has 0 saturated carbocycles. The predicted octanol–water partition coefficient (Wildman–Crippen LogP) is 2.60. The number of aliphatic carboxylic acids is 1. The molecule has 0 spiro atoms. The van der Waals surface area contributed by atoms with Crippen LogP contribution in [0.25, 0.3) is 0 Å². The van der Waals surface area contributed by atoms with Crippen molar-refractivity contribution in [2.24, 2.45) is 5.73 Å². The zero-order valence-corrected chi connectivity index (χ0v) is 11.0. The standard InChI is InChI=1S/C14H20FNO2/c1-4-12(16)14(3,8-13(17)18)10-6-5-9(2)11(15)7-10/h5-7,12H,4,8,16H2,1-3H3,(H,17,18). The summed E-state index contributed by atoms with van der Waals surface area (Å²) in [6.45, 7) is 5.35. The van der Waals surface area contributed by atoms with Crippen molar-refractivity contribution in [1.82, 2.24) is 0 Å². The van der Waals surface area contributed by atoms with Gasteiger partial charge in [-0.2, -0.15) is 0 Å². The molecule has 18 heavy (non-hydrogen) atoms. The molecule has 0 aromatic heterocycles. The maximum Gasteiger partial charge on any atom is 0.304 e. The Balaban J connectivity index is 3.24. The van der Waals surface area contributed by atoms with Crippen LogP contribution in [-0.2, 0) is 10.2 Å². The highest BCUT2D eigenvalue weighted by molar-refractivity contribution is 5.69. The molecular weight excluding hydrogens is 233 g/mol. The van der Waals surface area contributed by atoms with Crippen LogP contribution in [0, 0.1) is 12.7 Å². The van der Waals surface area contributed by atoms with E-state index in [9.17, 15) is 9.18 Å². The molecular formula is C14H20FNO2. The summed E-state index contributed by atoms with van der Waals surface area (Å²) in [4.78, 5) is 11.0. The normalized spacial score (nSPS) is 16.1. The summed E-state index contributed by atoms with van der Waals surface area (Å²) in [5, 5.41) is 9.03. The molecule has 2 unspecified atom stereocenters. The number of halogens is 1. The number of nitrogens with two attached hydrogens (primary N) is 1. The SMILES string of the molecule is CCC(N)C(C)(CC(=O)O)c1ccc(C)c(F)c1. The van der Waals surface area contributed by atoms with Gasteiger partial charge in [0.25, 0.3) is 0 Å². The summed E-state index contributed by atoms with van der Waals surface area (Å²) < 4.78 is 13.6. The molecule has 0 heterocycles. The van der Waals surface area contributed by atoms with Crippen molar-refractivity contribution < 1.29 is 14.3 Å². The van der Waals surface area contributed by atoms with Crippen LogP contribution in [0.5, 0.6) is 0 Å². The maximum absolute atomic E-state index is 13.6. The first-order valence-electron chi connectivity index (χ1n) is 6.05. The number of carboxylic acid groups (broad SMARTS) is 1. The van der Waals surface area contributed by atoms with Gasteiger partial charge in [-0.05, 0) is 30.5 Å². The summed E-state index contributed by atoms with van der Waals surface area (Å²) in [7, 11) is 0. The van der Waals surface area contributed by atoms with E-state index in [2.05, 4.69) is 0 Å². The van der Waals surface area contributed by atoms with Crippen molar-refractivity contribution in [3.05, 3.63) is 35.1 Å². The van der Waals surface area contributed by atoms with Gasteiger partial charge in [-0.15, -0.1) is 0 Å². The van der Waals surface area contributed by atoms with Crippen LogP contribution >= 0.6 is 0 Å². The third kappa shape index (κ3) is 2.88. The largest absolute Gasteiger partial charge is 0.481 e. The number of hydrogen-bond acceptors (Lipinski definition) is 2. The Morgan fingerprint density at radius 1 is 1.56 bits per heavy atom. The number of rotatable bonds is 5. The highest BCUT2D eigenvalue weighted by atomic mass is 19.1. The second-order valence-corrected chi connectivity index (χ2v) is 4.97. The summed E-state index contributed by atoms with van der Waals surface area (Å²) in [6.07, 6.45) is 0.532. The molecule has 2 atom stereocenters. The molecule has 0 radical (unpaired) electrons. The Morgan fingerprint density at radius 2 is 2.17 bits per heavy atom. The van der Waals surface area contributed by atoms with Crippen molar-refractivity contribution in [2.45, 2.75) is 45.1 Å². The van der Waals surface area contributed by atoms with E-state index in [0.717, 1.165) is 0 Å². The van der Waals surface area contributed by atoms with Gasteiger partial charge in [-0.3, -0.25) is 4.79 Å². The van der Waals surface area contributed by atoms with Gasteiger partial charge in [0.1, 0.15) is 5.82 Å². The molecule has 0 aliphatic heterocycles. The summed E-state index contributed by atoms with van der Waals surface area (Å²) in [5.74, 6) is -1.25. The van der Waals surface area contributed by atoms with Gasteiger partial charge in [0, 0.05) is 11.5 Å². The quantitative estimate of drug-likeness (QED) is 0.847. The molecule has 1 aromatic rings. The van der Waals surface area contributed by atoms with E-state index in [0.29, 0.717) is 17.5 Å². The van der Waals surface area contributed by atoms with Crippen molar-refractivity contribution in [3.8, 4) is 0 Å². The minimum absolute atomic E-state index is 0.107. The third-order valence-electron chi connectivity index (χ3n) is 3.61. The highest BCUT2D eigenvalue weighted by Gasteiger charge is 2.35. The van der Waals surface area contributed by atoms with Gasteiger partial charge >= 0.3 is 5.97 Å². The first kappa shape index (κ1) is 14.6. The zero-order valence-electron chi connectivity index (χ0n) is 11.0. The highest BCUT2D eigenvalue weighted by Crippen LogP contribution is 2.33. The lowest BCUT2D eigenvalue weighted by Gasteiger charge is -2.34. The van der Waals surface area contributed by atoms with Crippen LogP contribution in [-0.4, -0.2) is 17.1 Å². The monoisotopic (exact) mass is 253 g/mol. The van der Waals surface area contributed by atoms with Crippen LogP contribution in [0.4, 0.5) is 4.39 Å². The Kier molecular flexibility index (Phi) is 4.46. The first-order chi connectivity index (χ1) is 8.31. The van der Waals surface area contributed by atoms with Crippen molar-refractivity contribution >= 4 is 5.97 Å². The van der Waals surface area contributed by atoms with E-state index in [-0.39, 0.29) is 18.3 Å². The Morgan fingerprint density at radius 3 is 2.61 bits per heavy atom. The van der Waals surface area contributed by atoms with Crippen LogP contribution in [0.15, 0.2) is 18.2 Å². The van der Waals surface area contributed by atoms with Gasteiger partial charge in [0.05, 0.1) is 6.42 Å². The van der Waals surface area contributed by atoms with Crippen LogP contribution in [0.2, 0.25) is 0 Å². The second kappa shape index (κ2) is 5.48. The lowest BCUT2D eigenvalue weighted by Crippen LogP contribution is -2.44. The fourth-order valence-corrected chi connectivity index (χ4v) is 2.16. The third-order valence-corrected chi connectivity index (χ3v) is 3.61. The molecule has 0 amide bonds. The van der Waals surface area contributed by atoms with Crippen LogP contribution in [0.3, 0.4) is 0 Å². The number of carboxylic acids is 1. The minimum Gasteiger partial charge on any atom is -0.481 e. The van der Waals surface area contributed by atoms with Gasteiger partial charge in [-0.1, -0.05) is 26.0 Å². The molecule has 0 fully saturated rings. The lowest BCUT2D eigenvalue weighted by molar-refractivity contribution is -0.138. The number of benzene rings is 1. The van der Waals surface area contributed by atoms with Gasteiger partial charge in [0.15, 0.2) is 0 Å². The molecule has 0 saturated heterocycles. The summed E-state index contributed by atoms with van der Waals surface area (Å²) in [5.41, 5.74) is 6.46. The Bertz CT molecular complexity index is 447. The first-order valence-corrected chi connectivity index (χ1v) is 6.05. The van der Waals surface area contributed by atoms with E-state index in [1.807, 2.05) is 6.92 Å².